The highest BCUT2D eigenvalue weighted by molar-refractivity contribution is 4.99. The third kappa shape index (κ3) is 3.22. The molecular formula is C16H26O6. The number of allylic oxidation sites excluding steroid dienone is 1. The minimum atomic E-state index is -0.658. The van der Waals surface area contributed by atoms with Crippen molar-refractivity contribution in [1.82, 2.24) is 0 Å². The average Bonchev–Trinajstić information content (AvgIpc) is 3.01. The lowest BCUT2D eigenvalue weighted by Crippen LogP contribution is -2.44. The van der Waals surface area contributed by atoms with Crippen LogP contribution in [-0.2, 0) is 28.4 Å². The summed E-state index contributed by atoms with van der Waals surface area (Å²) in [6.45, 7) is 10.5. The number of hydrogen-bond acceptors (Lipinski definition) is 6. The van der Waals surface area contributed by atoms with Crippen molar-refractivity contribution in [3.8, 4) is 0 Å². The van der Waals surface area contributed by atoms with Crippen molar-refractivity contribution >= 4 is 0 Å². The van der Waals surface area contributed by atoms with Gasteiger partial charge in [-0.1, -0.05) is 12.2 Å². The summed E-state index contributed by atoms with van der Waals surface area (Å²) in [4.78, 5) is 0. The molecule has 3 rings (SSSR count). The number of fused-ring (bicyclic) bond motifs is 1. The Balaban J connectivity index is 1.72. The first-order chi connectivity index (χ1) is 10.3. The lowest BCUT2D eigenvalue weighted by Gasteiger charge is -2.28. The SMILES string of the molecule is C/C=C/CO[C@H]1[C@H]2OC(C)(C)O[C@H]2O[C@@H]1[C@H]1COC(C)(C)O1. The Kier molecular flexibility index (Phi) is 4.35. The Hall–Kier alpha value is -0.500. The van der Waals surface area contributed by atoms with E-state index in [0.29, 0.717) is 13.2 Å². The van der Waals surface area contributed by atoms with Gasteiger partial charge in [0.1, 0.15) is 24.4 Å². The zero-order chi connectivity index (χ0) is 16.0. The smallest absolute Gasteiger partial charge is 0.190 e. The molecule has 126 valence electrons. The summed E-state index contributed by atoms with van der Waals surface area (Å²) in [5, 5.41) is 0. The molecule has 0 bridgehead atoms. The van der Waals surface area contributed by atoms with E-state index in [1.54, 1.807) is 0 Å². The molecule has 0 aromatic heterocycles. The van der Waals surface area contributed by atoms with Crippen molar-refractivity contribution in [2.75, 3.05) is 13.2 Å². The Morgan fingerprint density at radius 3 is 2.45 bits per heavy atom. The maximum atomic E-state index is 6.04. The molecule has 5 atom stereocenters. The van der Waals surface area contributed by atoms with Crippen LogP contribution in [0.2, 0.25) is 0 Å². The van der Waals surface area contributed by atoms with E-state index in [2.05, 4.69) is 0 Å². The highest BCUT2D eigenvalue weighted by Gasteiger charge is 2.58. The predicted octanol–water partition coefficient (Wildman–Crippen LogP) is 1.98. The molecule has 3 fully saturated rings. The molecule has 6 heteroatoms. The molecule has 0 radical (unpaired) electrons. The van der Waals surface area contributed by atoms with Gasteiger partial charge in [-0.05, 0) is 34.6 Å². The van der Waals surface area contributed by atoms with Gasteiger partial charge < -0.3 is 28.4 Å². The second kappa shape index (κ2) is 5.85. The van der Waals surface area contributed by atoms with E-state index >= 15 is 0 Å². The molecule has 0 saturated carbocycles. The van der Waals surface area contributed by atoms with Gasteiger partial charge in [0.05, 0.1) is 13.2 Å². The molecule has 3 heterocycles. The summed E-state index contributed by atoms with van der Waals surface area (Å²) in [5.74, 6) is -1.25. The molecule has 0 amide bonds. The van der Waals surface area contributed by atoms with Gasteiger partial charge in [-0.2, -0.15) is 0 Å². The molecular weight excluding hydrogens is 288 g/mol. The van der Waals surface area contributed by atoms with Gasteiger partial charge in [0, 0.05) is 0 Å². The van der Waals surface area contributed by atoms with Crippen LogP contribution in [0.3, 0.4) is 0 Å². The minimum Gasteiger partial charge on any atom is -0.368 e. The van der Waals surface area contributed by atoms with Crippen LogP contribution in [0, 0.1) is 0 Å². The van der Waals surface area contributed by atoms with Gasteiger partial charge in [-0.3, -0.25) is 0 Å². The topological polar surface area (TPSA) is 55.4 Å². The van der Waals surface area contributed by atoms with Crippen LogP contribution in [0.15, 0.2) is 12.2 Å². The quantitative estimate of drug-likeness (QED) is 0.740. The molecule has 6 nitrogen and oxygen atoms in total. The molecule has 22 heavy (non-hydrogen) atoms. The maximum absolute atomic E-state index is 6.04. The Morgan fingerprint density at radius 1 is 1.05 bits per heavy atom. The van der Waals surface area contributed by atoms with E-state index in [-0.39, 0.29) is 24.4 Å². The fourth-order valence-electron chi connectivity index (χ4n) is 3.13. The van der Waals surface area contributed by atoms with Crippen molar-refractivity contribution in [1.29, 1.82) is 0 Å². The van der Waals surface area contributed by atoms with Gasteiger partial charge in [-0.15, -0.1) is 0 Å². The van der Waals surface area contributed by atoms with Gasteiger partial charge in [-0.25, -0.2) is 0 Å². The first-order valence-corrected chi connectivity index (χ1v) is 7.87. The fraction of sp³-hybridized carbons (Fsp3) is 0.875. The van der Waals surface area contributed by atoms with Crippen LogP contribution in [0.25, 0.3) is 0 Å². The van der Waals surface area contributed by atoms with Crippen LogP contribution in [0.5, 0.6) is 0 Å². The van der Waals surface area contributed by atoms with Crippen molar-refractivity contribution in [3.05, 3.63) is 12.2 Å². The summed E-state index contributed by atoms with van der Waals surface area (Å²) in [6, 6.07) is 0. The van der Waals surface area contributed by atoms with Crippen molar-refractivity contribution in [2.45, 2.75) is 76.9 Å². The third-order valence-corrected chi connectivity index (χ3v) is 4.04. The van der Waals surface area contributed by atoms with Crippen molar-refractivity contribution < 1.29 is 28.4 Å². The fourth-order valence-corrected chi connectivity index (χ4v) is 3.13. The predicted molar refractivity (Wildman–Crippen MR) is 78.2 cm³/mol. The van der Waals surface area contributed by atoms with Gasteiger partial charge in [0.25, 0.3) is 0 Å². The van der Waals surface area contributed by atoms with Crippen LogP contribution < -0.4 is 0 Å². The zero-order valence-electron chi connectivity index (χ0n) is 13.9. The van der Waals surface area contributed by atoms with Crippen LogP contribution in [-0.4, -0.2) is 55.5 Å². The molecule has 0 aromatic rings. The highest BCUT2D eigenvalue weighted by atomic mass is 16.8. The molecule has 3 aliphatic rings. The molecule has 0 aromatic carbocycles. The lowest BCUT2D eigenvalue weighted by atomic mass is 10.1. The summed E-state index contributed by atoms with van der Waals surface area (Å²) in [7, 11) is 0. The monoisotopic (exact) mass is 314 g/mol. The Labute approximate surface area is 131 Å². The largest absolute Gasteiger partial charge is 0.368 e. The van der Waals surface area contributed by atoms with Gasteiger partial charge >= 0.3 is 0 Å². The van der Waals surface area contributed by atoms with Crippen LogP contribution in [0.4, 0.5) is 0 Å². The molecule has 0 aliphatic carbocycles. The number of ether oxygens (including phenoxy) is 6. The third-order valence-electron chi connectivity index (χ3n) is 4.04. The molecule has 3 saturated heterocycles. The highest BCUT2D eigenvalue weighted by Crippen LogP contribution is 2.41. The van der Waals surface area contributed by atoms with E-state index in [0.717, 1.165) is 0 Å². The number of rotatable bonds is 4. The summed E-state index contributed by atoms with van der Waals surface area (Å²) < 4.78 is 35.4. The maximum Gasteiger partial charge on any atom is 0.190 e. The van der Waals surface area contributed by atoms with Crippen LogP contribution in [0.1, 0.15) is 34.6 Å². The van der Waals surface area contributed by atoms with E-state index in [4.69, 9.17) is 28.4 Å². The summed E-state index contributed by atoms with van der Waals surface area (Å²) >= 11 is 0. The molecule has 0 spiro atoms. The van der Waals surface area contributed by atoms with Crippen LogP contribution >= 0.6 is 0 Å². The van der Waals surface area contributed by atoms with Gasteiger partial charge in [0.2, 0.25) is 0 Å². The standard InChI is InChI=1S/C16H26O6/c1-6-7-8-17-12-11(10-9-18-15(2,3)20-10)19-14-13(12)21-16(4,5)22-14/h6-7,10-14H,8-9H2,1-5H3/b7-6+/t10-,11-,12-,13-,14-/m1/s1. The van der Waals surface area contributed by atoms with E-state index in [1.165, 1.54) is 0 Å². The van der Waals surface area contributed by atoms with E-state index in [1.807, 2.05) is 46.8 Å². The Morgan fingerprint density at radius 2 is 1.82 bits per heavy atom. The lowest BCUT2D eigenvalue weighted by molar-refractivity contribution is -0.235. The summed E-state index contributed by atoms with van der Waals surface area (Å²) in [6.07, 6.45) is 2.54. The zero-order valence-corrected chi connectivity index (χ0v) is 13.9. The van der Waals surface area contributed by atoms with E-state index < -0.39 is 17.9 Å². The molecule has 0 unspecified atom stereocenters. The first-order valence-electron chi connectivity index (χ1n) is 7.87. The second-order valence-corrected chi connectivity index (χ2v) is 6.80. The Bertz CT molecular complexity index is 432. The average molecular weight is 314 g/mol. The van der Waals surface area contributed by atoms with Crippen molar-refractivity contribution in [3.63, 3.8) is 0 Å². The molecule has 0 N–H and O–H groups in total. The summed E-state index contributed by atoms with van der Waals surface area (Å²) in [5.41, 5.74) is 0. The normalized spacial score (nSPS) is 43.0. The van der Waals surface area contributed by atoms with Gasteiger partial charge in [0.15, 0.2) is 17.9 Å². The van der Waals surface area contributed by atoms with E-state index in [9.17, 15) is 0 Å². The molecule has 3 aliphatic heterocycles. The number of hydrogen-bond donors (Lipinski definition) is 0. The first kappa shape index (κ1) is 16.4. The van der Waals surface area contributed by atoms with Crippen molar-refractivity contribution in [2.24, 2.45) is 0 Å². The minimum absolute atomic E-state index is 0.188. The second-order valence-electron chi connectivity index (χ2n) is 6.80.